The highest BCUT2D eigenvalue weighted by Gasteiger charge is 2.19. The minimum Gasteiger partial charge on any atom is -0.344 e. The molecule has 0 saturated carbocycles. The Morgan fingerprint density at radius 1 is 1.69 bits per heavy atom. The third kappa shape index (κ3) is 3.35. The molecule has 0 aromatic carbocycles. The molecule has 1 rings (SSSR count). The van der Waals surface area contributed by atoms with Crippen molar-refractivity contribution in [3.63, 3.8) is 0 Å². The van der Waals surface area contributed by atoms with E-state index in [1.165, 1.54) is 4.88 Å². The predicted molar refractivity (Wildman–Crippen MR) is 65.1 cm³/mol. The molecule has 0 bridgehead atoms. The van der Waals surface area contributed by atoms with Gasteiger partial charge in [-0.25, -0.2) is 0 Å². The zero-order chi connectivity index (χ0) is 12.0. The van der Waals surface area contributed by atoms with Gasteiger partial charge < -0.3 is 4.90 Å². The lowest BCUT2D eigenvalue weighted by Crippen LogP contribution is -2.33. The van der Waals surface area contributed by atoms with Gasteiger partial charge in [0.1, 0.15) is 5.92 Å². The Morgan fingerprint density at radius 2 is 2.44 bits per heavy atom. The molecule has 0 N–H and O–H groups in total. The average molecular weight is 236 g/mol. The summed E-state index contributed by atoms with van der Waals surface area (Å²) in [5.74, 6) is -0.560. The summed E-state index contributed by atoms with van der Waals surface area (Å²) < 4.78 is 0. The highest BCUT2D eigenvalue weighted by Crippen LogP contribution is 2.11. The molecule has 0 aliphatic heterocycles. The number of hydrogen-bond donors (Lipinski definition) is 0. The van der Waals surface area contributed by atoms with E-state index in [9.17, 15) is 4.79 Å². The van der Waals surface area contributed by atoms with Crippen molar-refractivity contribution in [3.8, 4) is 6.07 Å². The van der Waals surface area contributed by atoms with Crippen LogP contribution >= 0.6 is 11.3 Å². The topological polar surface area (TPSA) is 44.1 Å². The molecule has 86 valence electrons. The maximum atomic E-state index is 11.8. The number of likely N-dealkylation sites (N-methyl/N-ethyl adjacent to an activating group) is 1. The highest BCUT2D eigenvalue weighted by molar-refractivity contribution is 7.09. The molecule has 0 radical (unpaired) electrons. The largest absolute Gasteiger partial charge is 0.344 e. The second-order valence-electron chi connectivity index (χ2n) is 3.68. The zero-order valence-corrected chi connectivity index (χ0v) is 10.5. The highest BCUT2D eigenvalue weighted by atomic mass is 32.1. The molecule has 0 aliphatic rings. The minimum absolute atomic E-state index is 0.0680. The van der Waals surface area contributed by atoms with Crippen LogP contribution in [0.5, 0.6) is 0 Å². The number of hydrogen-bond acceptors (Lipinski definition) is 3. The summed E-state index contributed by atoms with van der Waals surface area (Å²) >= 11 is 1.69. The lowest BCUT2D eigenvalue weighted by atomic mass is 10.1. The molecule has 0 spiro atoms. The van der Waals surface area contributed by atoms with Gasteiger partial charge in [0.05, 0.1) is 6.07 Å². The first-order chi connectivity index (χ1) is 7.69. The average Bonchev–Trinajstić information content (AvgIpc) is 2.80. The molecule has 1 heterocycles. The van der Waals surface area contributed by atoms with Crippen molar-refractivity contribution in [2.75, 3.05) is 13.6 Å². The number of nitriles is 1. The molecule has 1 amide bonds. The molecule has 1 aromatic rings. The van der Waals surface area contributed by atoms with Crippen molar-refractivity contribution < 1.29 is 4.79 Å². The molecule has 3 nitrogen and oxygen atoms in total. The van der Waals surface area contributed by atoms with Gasteiger partial charge in [0.2, 0.25) is 5.91 Å². The van der Waals surface area contributed by atoms with Gasteiger partial charge >= 0.3 is 0 Å². The number of rotatable bonds is 5. The van der Waals surface area contributed by atoms with E-state index in [0.29, 0.717) is 13.0 Å². The SMILES string of the molecule is CCC(C#N)C(=O)N(C)CCc1cccs1. The summed E-state index contributed by atoms with van der Waals surface area (Å²) in [4.78, 5) is 14.7. The van der Waals surface area contributed by atoms with Gasteiger partial charge in [-0.05, 0) is 24.3 Å². The van der Waals surface area contributed by atoms with Crippen LogP contribution in [0.1, 0.15) is 18.2 Å². The fraction of sp³-hybridized carbons (Fsp3) is 0.500. The minimum atomic E-state index is -0.492. The van der Waals surface area contributed by atoms with E-state index in [2.05, 4.69) is 6.07 Å². The lowest BCUT2D eigenvalue weighted by Gasteiger charge is -2.18. The lowest BCUT2D eigenvalue weighted by molar-refractivity contribution is -0.132. The molecule has 1 unspecified atom stereocenters. The third-order valence-corrected chi connectivity index (χ3v) is 3.45. The summed E-state index contributed by atoms with van der Waals surface area (Å²) in [6.45, 7) is 2.54. The summed E-state index contributed by atoms with van der Waals surface area (Å²) in [5, 5.41) is 10.8. The molecular formula is C12H16N2OS. The molecule has 4 heteroatoms. The van der Waals surface area contributed by atoms with Crippen LogP contribution in [0.3, 0.4) is 0 Å². The summed E-state index contributed by atoms with van der Waals surface area (Å²) in [7, 11) is 1.76. The Labute approximate surface area is 100 Å². The number of thiophene rings is 1. The Bertz CT molecular complexity index is 367. The fourth-order valence-electron chi connectivity index (χ4n) is 1.43. The molecular weight excluding hydrogens is 220 g/mol. The molecule has 0 aliphatic carbocycles. The second kappa shape index (κ2) is 6.29. The van der Waals surface area contributed by atoms with Gasteiger partial charge in [0.25, 0.3) is 0 Å². The fourth-order valence-corrected chi connectivity index (χ4v) is 2.13. The van der Waals surface area contributed by atoms with Gasteiger partial charge in [-0.3, -0.25) is 4.79 Å². The van der Waals surface area contributed by atoms with Gasteiger partial charge in [-0.1, -0.05) is 13.0 Å². The Hall–Kier alpha value is -1.34. The van der Waals surface area contributed by atoms with Crippen LogP contribution in [0.15, 0.2) is 17.5 Å². The Balaban J connectivity index is 2.43. The van der Waals surface area contributed by atoms with Crippen molar-refractivity contribution in [1.29, 1.82) is 5.26 Å². The van der Waals surface area contributed by atoms with Crippen LogP contribution < -0.4 is 0 Å². The van der Waals surface area contributed by atoms with Crippen molar-refractivity contribution in [3.05, 3.63) is 22.4 Å². The normalized spacial score (nSPS) is 11.8. The van der Waals surface area contributed by atoms with E-state index in [-0.39, 0.29) is 5.91 Å². The second-order valence-corrected chi connectivity index (χ2v) is 4.71. The van der Waals surface area contributed by atoms with Crippen LogP contribution in [-0.4, -0.2) is 24.4 Å². The first kappa shape index (κ1) is 12.7. The van der Waals surface area contributed by atoms with Crippen LogP contribution in [0, 0.1) is 17.2 Å². The smallest absolute Gasteiger partial charge is 0.239 e. The molecule has 1 atom stereocenters. The van der Waals surface area contributed by atoms with E-state index in [0.717, 1.165) is 6.42 Å². The number of nitrogens with zero attached hydrogens (tertiary/aromatic N) is 2. The van der Waals surface area contributed by atoms with E-state index >= 15 is 0 Å². The van der Waals surface area contributed by atoms with E-state index in [4.69, 9.17) is 5.26 Å². The van der Waals surface area contributed by atoms with Crippen LogP contribution in [0.4, 0.5) is 0 Å². The van der Waals surface area contributed by atoms with E-state index in [1.54, 1.807) is 23.3 Å². The van der Waals surface area contributed by atoms with Gasteiger partial charge in [-0.2, -0.15) is 5.26 Å². The first-order valence-electron chi connectivity index (χ1n) is 5.36. The van der Waals surface area contributed by atoms with Crippen LogP contribution in [0.25, 0.3) is 0 Å². The zero-order valence-electron chi connectivity index (χ0n) is 9.64. The molecule has 1 aromatic heterocycles. The third-order valence-electron chi connectivity index (χ3n) is 2.51. The van der Waals surface area contributed by atoms with Crippen LogP contribution in [0.2, 0.25) is 0 Å². The Kier molecular flexibility index (Phi) is 5.00. The van der Waals surface area contributed by atoms with Crippen molar-refractivity contribution in [2.45, 2.75) is 19.8 Å². The van der Waals surface area contributed by atoms with Gasteiger partial charge in [0, 0.05) is 18.5 Å². The summed E-state index contributed by atoms with van der Waals surface area (Å²) in [6.07, 6.45) is 1.44. The maximum absolute atomic E-state index is 11.8. The van der Waals surface area contributed by atoms with Crippen molar-refractivity contribution in [1.82, 2.24) is 4.90 Å². The quantitative estimate of drug-likeness (QED) is 0.787. The molecule has 0 fully saturated rings. The summed E-state index contributed by atoms with van der Waals surface area (Å²) in [5.41, 5.74) is 0. The molecule has 0 saturated heterocycles. The van der Waals surface area contributed by atoms with Crippen molar-refractivity contribution >= 4 is 17.2 Å². The predicted octanol–water partition coefficient (Wildman–Crippen LogP) is 2.30. The summed E-state index contributed by atoms with van der Waals surface area (Å²) in [6, 6.07) is 6.10. The van der Waals surface area contributed by atoms with Crippen LogP contribution in [-0.2, 0) is 11.2 Å². The molecule has 16 heavy (non-hydrogen) atoms. The standard InChI is InChI=1S/C12H16N2OS/c1-3-10(9-13)12(15)14(2)7-6-11-5-4-8-16-11/h4-5,8,10H,3,6-7H2,1-2H3. The van der Waals surface area contributed by atoms with Crippen molar-refractivity contribution in [2.24, 2.45) is 5.92 Å². The van der Waals surface area contributed by atoms with E-state index < -0.39 is 5.92 Å². The van der Waals surface area contributed by atoms with Gasteiger partial charge in [-0.15, -0.1) is 11.3 Å². The van der Waals surface area contributed by atoms with Gasteiger partial charge in [0.15, 0.2) is 0 Å². The Morgan fingerprint density at radius 3 is 2.94 bits per heavy atom. The van der Waals surface area contributed by atoms with E-state index in [1.807, 2.05) is 24.4 Å². The maximum Gasteiger partial charge on any atom is 0.239 e. The number of carbonyl (C=O) groups excluding carboxylic acids is 1. The monoisotopic (exact) mass is 236 g/mol. The first-order valence-corrected chi connectivity index (χ1v) is 6.24. The number of amides is 1. The number of carbonyl (C=O) groups is 1.